The molecular weight excluding hydrogens is 284 g/mol. The Morgan fingerprint density at radius 1 is 1.24 bits per heavy atom. The third-order valence-corrected chi connectivity index (χ3v) is 3.62. The van der Waals surface area contributed by atoms with Gasteiger partial charge in [-0.25, -0.2) is 0 Å². The number of nitrogens with one attached hydrogen (secondary N) is 1. The van der Waals surface area contributed by atoms with Crippen LogP contribution in [0.25, 0.3) is 0 Å². The van der Waals surface area contributed by atoms with Gasteiger partial charge in [0.1, 0.15) is 0 Å². The van der Waals surface area contributed by atoms with Gasteiger partial charge in [-0.15, -0.1) is 0 Å². The van der Waals surface area contributed by atoms with E-state index in [1.165, 1.54) is 5.56 Å². The normalized spacial score (nSPS) is 12.0. The van der Waals surface area contributed by atoms with Gasteiger partial charge in [0.05, 0.1) is 0 Å². The molecule has 4 heteroatoms. The summed E-state index contributed by atoms with van der Waals surface area (Å²) >= 11 is 5.89. The van der Waals surface area contributed by atoms with Gasteiger partial charge in [-0.1, -0.05) is 23.7 Å². The number of nitrogens with two attached hydrogens (primary N) is 1. The lowest BCUT2D eigenvalue weighted by atomic mass is 10.1. The standard InChI is InChI=1S/C17H19ClN2O/c1-11-9-14(17(19)21)5-8-16(11)20-12(2)10-13-3-6-15(18)7-4-13/h3-9,12,20H,10H2,1-2H3,(H2,19,21). The van der Waals surface area contributed by atoms with E-state index in [2.05, 4.69) is 12.2 Å². The van der Waals surface area contributed by atoms with E-state index in [0.717, 1.165) is 22.7 Å². The largest absolute Gasteiger partial charge is 0.382 e. The van der Waals surface area contributed by atoms with Crippen molar-refractivity contribution in [1.29, 1.82) is 0 Å². The van der Waals surface area contributed by atoms with Crippen LogP contribution in [0, 0.1) is 6.92 Å². The SMILES string of the molecule is Cc1cc(C(N)=O)ccc1NC(C)Cc1ccc(Cl)cc1. The number of benzene rings is 2. The Morgan fingerprint density at radius 3 is 2.48 bits per heavy atom. The van der Waals surface area contributed by atoms with Crippen molar-refractivity contribution in [2.24, 2.45) is 5.73 Å². The molecule has 0 spiro atoms. The lowest BCUT2D eigenvalue weighted by Gasteiger charge is -2.17. The van der Waals surface area contributed by atoms with Crippen LogP contribution in [0.1, 0.15) is 28.4 Å². The Labute approximate surface area is 130 Å². The van der Waals surface area contributed by atoms with Gasteiger partial charge in [0.25, 0.3) is 0 Å². The van der Waals surface area contributed by atoms with Crippen molar-refractivity contribution < 1.29 is 4.79 Å². The van der Waals surface area contributed by atoms with Crippen molar-refractivity contribution in [2.45, 2.75) is 26.3 Å². The summed E-state index contributed by atoms with van der Waals surface area (Å²) in [5, 5.41) is 4.20. The number of hydrogen-bond acceptors (Lipinski definition) is 2. The van der Waals surface area contributed by atoms with E-state index in [9.17, 15) is 4.79 Å². The average molecular weight is 303 g/mol. The van der Waals surface area contributed by atoms with E-state index in [1.807, 2.05) is 37.3 Å². The Bertz CT molecular complexity index is 638. The lowest BCUT2D eigenvalue weighted by molar-refractivity contribution is 0.1000. The molecule has 0 heterocycles. The number of carbonyl (C=O) groups excluding carboxylic acids is 1. The van der Waals surface area contributed by atoms with E-state index in [-0.39, 0.29) is 6.04 Å². The van der Waals surface area contributed by atoms with E-state index < -0.39 is 5.91 Å². The molecule has 0 aliphatic heterocycles. The third kappa shape index (κ3) is 4.23. The maximum Gasteiger partial charge on any atom is 0.248 e. The fourth-order valence-corrected chi connectivity index (χ4v) is 2.40. The van der Waals surface area contributed by atoms with Gasteiger partial charge in [0, 0.05) is 22.3 Å². The first-order valence-electron chi connectivity index (χ1n) is 6.87. The number of aryl methyl sites for hydroxylation is 1. The number of halogens is 1. The maximum atomic E-state index is 11.1. The number of amides is 1. The number of hydrogen-bond donors (Lipinski definition) is 2. The zero-order valence-electron chi connectivity index (χ0n) is 12.2. The fourth-order valence-electron chi connectivity index (χ4n) is 2.27. The molecule has 2 rings (SSSR count). The van der Waals surface area contributed by atoms with Crippen molar-refractivity contribution in [3.8, 4) is 0 Å². The Hall–Kier alpha value is -2.00. The Kier molecular flexibility index (Phi) is 4.86. The molecule has 0 saturated carbocycles. The van der Waals surface area contributed by atoms with Crippen LogP contribution >= 0.6 is 11.6 Å². The second kappa shape index (κ2) is 6.64. The third-order valence-electron chi connectivity index (χ3n) is 3.37. The van der Waals surface area contributed by atoms with Crippen LogP contribution in [-0.2, 0) is 6.42 Å². The first-order valence-corrected chi connectivity index (χ1v) is 7.25. The zero-order valence-corrected chi connectivity index (χ0v) is 12.9. The second-order valence-corrected chi connectivity index (χ2v) is 5.71. The van der Waals surface area contributed by atoms with Crippen molar-refractivity contribution in [3.05, 3.63) is 64.2 Å². The lowest BCUT2D eigenvalue weighted by Crippen LogP contribution is -2.19. The molecule has 0 saturated heterocycles. The Balaban J connectivity index is 2.04. The maximum absolute atomic E-state index is 11.1. The van der Waals surface area contributed by atoms with E-state index in [4.69, 9.17) is 17.3 Å². The summed E-state index contributed by atoms with van der Waals surface area (Å²) in [6.07, 6.45) is 0.897. The van der Waals surface area contributed by atoms with Gasteiger partial charge in [-0.3, -0.25) is 4.79 Å². The van der Waals surface area contributed by atoms with E-state index in [0.29, 0.717) is 5.56 Å². The van der Waals surface area contributed by atoms with Crippen molar-refractivity contribution in [3.63, 3.8) is 0 Å². The van der Waals surface area contributed by atoms with Crippen LogP contribution < -0.4 is 11.1 Å². The number of primary amides is 1. The molecule has 110 valence electrons. The smallest absolute Gasteiger partial charge is 0.248 e. The van der Waals surface area contributed by atoms with Crippen LogP contribution in [0.2, 0.25) is 5.02 Å². The first-order chi connectivity index (χ1) is 9.95. The molecule has 0 fully saturated rings. The summed E-state index contributed by atoms with van der Waals surface area (Å²) in [6, 6.07) is 13.6. The molecule has 3 nitrogen and oxygen atoms in total. The van der Waals surface area contributed by atoms with E-state index in [1.54, 1.807) is 12.1 Å². The molecule has 1 amide bonds. The predicted octanol–water partition coefficient (Wildman–Crippen LogP) is 3.79. The van der Waals surface area contributed by atoms with Gasteiger partial charge in [-0.2, -0.15) is 0 Å². The predicted molar refractivity (Wildman–Crippen MR) is 87.9 cm³/mol. The summed E-state index contributed by atoms with van der Waals surface area (Å²) in [5.41, 5.74) is 9.06. The van der Waals surface area contributed by atoms with Crippen LogP contribution in [0.4, 0.5) is 5.69 Å². The van der Waals surface area contributed by atoms with Crippen LogP contribution in [-0.4, -0.2) is 11.9 Å². The summed E-state index contributed by atoms with van der Waals surface area (Å²) in [5.74, 6) is -0.404. The summed E-state index contributed by atoms with van der Waals surface area (Å²) in [6.45, 7) is 4.08. The molecule has 0 aliphatic carbocycles. The number of anilines is 1. The highest BCUT2D eigenvalue weighted by Gasteiger charge is 2.08. The summed E-state index contributed by atoms with van der Waals surface area (Å²) in [4.78, 5) is 11.1. The minimum atomic E-state index is -0.404. The molecule has 2 aromatic carbocycles. The van der Waals surface area contributed by atoms with Gasteiger partial charge >= 0.3 is 0 Å². The van der Waals surface area contributed by atoms with Crippen LogP contribution in [0.15, 0.2) is 42.5 Å². The molecule has 3 N–H and O–H groups in total. The number of carbonyl (C=O) groups is 1. The van der Waals surface area contributed by atoms with Gasteiger partial charge < -0.3 is 11.1 Å². The minimum Gasteiger partial charge on any atom is -0.382 e. The van der Waals surface area contributed by atoms with Crippen molar-refractivity contribution >= 4 is 23.2 Å². The van der Waals surface area contributed by atoms with Crippen LogP contribution in [0.3, 0.4) is 0 Å². The Morgan fingerprint density at radius 2 is 1.90 bits per heavy atom. The molecule has 2 aromatic rings. The monoisotopic (exact) mass is 302 g/mol. The van der Waals surface area contributed by atoms with Crippen LogP contribution in [0.5, 0.6) is 0 Å². The van der Waals surface area contributed by atoms with Gasteiger partial charge in [-0.05, 0) is 61.7 Å². The van der Waals surface area contributed by atoms with Crippen molar-refractivity contribution in [2.75, 3.05) is 5.32 Å². The van der Waals surface area contributed by atoms with Gasteiger partial charge in [0.2, 0.25) is 5.91 Å². The molecular formula is C17H19ClN2O. The zero-order chi connectivity index (χ0) is 15.4. The van der Waals surface area contributed by atoms with E-state index >= 15 is 0 Å². The second-order valence-electron chi connectivity index (χ2n) is 5.27. The molecule has 1 atom stereocenters. The summed E-state index contributed by atoms with van der Waals surface area (Å²) < 4.78 is 0. The molecule has 0 radical (unpaired) electrons. The quantitative estimate of drug-likeness (QED) is 0.883. The fraction of sp³-hybridized carbons (Fsp3) is 0.235. The molecule has 21 heavy (non-hydrogen) atoms. The molecule has 1 unspecified atom stereocenters. The highest BCUT2D eigenvalue weighted by Crippen LogP contribution is 2.19. The topological polar surface area (TPSA) is 55.1 Å². The highest BCUT2D eigenvalue weighted by atomic mass is 35.5. The van der Waals surface area contributed by atoms with Gasteiger partial charge in [0.15, 0.2) is 0 Å². The highest BCUT2D eigenvalue weighted by molar-refractivity contribution is 6.30. The molecule has 0 aromatic heterocycles. The molecule has 0 aliphatic rings. The van der Waals surface area contributed by atoms with Crippen molar-refractivity contribution in [1.82, 2.24) is 0 Å². The number of rotatable bonds is 5. The minimum absolute atomic E-state index is 0.268. The molecule has 0 bridgehead atoms. The average Bonchev–Trinajstić information content (AvgIpc) is 2.43. The summed E-state index contributed by atoms with van der Waals surface area (Å²) in [7, 11) is 0. The first kappa shape index (κ1) is 15.4.